The summed E-state index contributed by atoms with van der Waals surface area (Å²) < 4.78 is 36.2. The topological polar surface area (TPSA) is 76.2 Å². The molecule has 1 amide bonds. The van der Waals surface area contributed by atoms with E-state index in [0.717, 1.165) is 44.3 Å². The molecule has 1 aromatic carbocycles. The molecule has 1 heterocycles. The lowest BCUT2D eigenvalue weighted by atomic mass is 10.2. The first kappa shape index (κ1) is 21.5. The van der Waals surface area contributed by atoms with Gasteiger partial charge in [-0.05, 0) is 30.5 Å². The Morgan fingerprint density at radius 1 is 1.07 bits per heavy atom. The van der Waals surface area contributed by atoms with Gasteiger partial charge in [0.05, 0.1) is 20.5 Å². The van der Waals surface area contributed by atoms with Gasteiger partial charge in [0, 0.05) is 32.6 Å². The number of amides is 1. The minimum atomic E-state index is -3.44. The number of hydrogen-bond acceptors (Lipinski definition) is 5. The number of hydrogen-bond donors (Lipinski definition) is 0. The maximum atomic E-state index is 12.5. The van der Waals surface area contributed by atoms with Gasteiger partial charge in [0.1, 0.15) is 0 Å². The predicted octanol–water partition coefficient (Wildman–Crippen LogP) is 2.26. The molecular formula is C19H30N2O5S. The number of carbonyl (C=O) groups is 1. The summed E-state index contributed by atoms with van der Waals surface area (Å²) in [5.41, 5.74) is 0.778. The molecular weight excluding hydrogens is 368 g/mol. The van der Waals surface area contributed by atoms with Crippen LogP contribution in [-0.4, -0.2) is 63.6 Å². The maximum absolute atomic E-state index is 12.5. The molecule has 0 radical (unpaired) electrons. The van der Waals surface area contributed by atoms with Crippen LogP contribution in [0.5, 0.6) is 11.5 Å². The van der Waals surface area contributed by atoms with Crippen LogP contribution in [0.15, 0.2) is 18.2 Å². The summed E-state index contributed by atoms with van der Waals surface area (Å²) in [5, 5.41) is 0. The van der Waals surface area contributed by atoms with Crippen molar-refractivity contribution in [2.24, 2.45) is 0 Å². The van der Waals surface area contributed by atoms with E-state index in [2.05, 4.69) is 0 Å². The van der Waals surface area contributed by atoms with Crippen LogP contribution >= 0.6 is 0 Å². The van der Waals surface area contributed by atoms with Crippen LogP contribution in [0.1, 0.15) is 37.7 Å². The van der Waals surface area contributed by atoms with E-state index >= 15 is 0 Å². The van der Waals surface area contributed by atoms with E-state index in [1.54, 1.807) is 25.3 Å². The van der Waals surface area contributed by atoms with Crippen LogP contribution < -0.4 is 9.47 Å². The number of rotatable bonds is 8. The summed E-state index contributed by atoms with van der Waals surface area (Å²) >= 11 is 0. The van der Waals surface area contributed by atoms with E-state index < -0.39 is 10.0 Å². The van der Waals surface area contributed by atoms with E-state index in [-0.39, 0.29) is 25.4 Å². The molecule has 152 valence electrons. The first-order chi connectivity index (χ1) is 12.8. The molecule has 0 bridgehead atoms. The summed E-state index contributed by atoms with van der Waals surface area (Å²) in [4.78, 5) is 14.4. The fourth-order valence-electron chi connectivity index (χ4n) is 3.24. The van der Waals surface area contributed by atoms with Gasteiger partial charge in [0.15, 0.2) is 11.5 Å². The molecule has 1 aliphatic rings. The second kappa shape index (κ2) is 9.94. The van der Waals surface area contributed by atoms with Crippen molar-refractivity contribution in [3.05, 3.63) is 23.8 Å². The number of methoxy groups -OCH3 is 2. The van der Waals surface area contributed by atoms with Gasteiger partial charge in [-0.3, -0.25) is 4.79 Å². The Morgan fingerprint density at radius 3 is 2.26 bits per heavy atom. The molecule has 0 N–H and O–H groups in total. The van der Waals surface area contributed by atoms with Gasteiger partial charge >= 0.3 is 0 Å². The van der Waals surface area contributed by atoms with Crippen LogP contribution in [0.3, 0.4) is 0 Å². The third-order valence-electron chi connectivity index (χ3n) is 4.81. The highest BCUT2D eigenvalue weighted by Crippen LogP contribution is 2.28. The van der Waals surface area contributed by atoms with E-state index in [1.165, 1.54) is 17.7 Å². The zero-order valence-electron chi connectivity index (χ0n) is 16.4. The second-order valence-electron chi connectivity index (χ2n) is 6.83. The first-order valence-electron chi connectivity index (χ1n) is 9.29. The lowest BCUT2D eigenvalue weighted by Crippen LogP contribution is -2.37. The van der Waals surface area contributed by atoms with Crippen molar-refractivity contribution in [3.63, 3.8) is 0 Å². The molecule has 1 fully saturated rings. The Kier molecular flexibility index (Phi) is 7.91. The second-order valence-corrected chi connectivity index (χ2v) is 8.81. The van der Waals surface area contributed by atoms with Crippen LogP contribution in [0.25, 0.3) is 0 Å². The SMILES string of the molecule is COc1ccc(CN(CCC(=O)N2CCCCCC2)S(C)(=O)=O)cc1OC. The largest absolute Gasteiger partial charge is 0.493 e. The highest BCUT2D eigenvalue weighted by molar-refractivity contribution is 7.88. The smallest absolute Gasteiger partial charge is 0.223 e. The predicted molar refractivity (Wildman–Crippen MR) is 104 cm³/mol. The fraction of sp³-hybridized carbons (Fsp3) is 0.632. The van der Waals surface area contributed by atoms with Gasteiger partial charge in [-0.25, -0.2) is 8.42 Å². The normalized spacial score (nSPS) is 15.5. The summed E-state index contributed by atoms with van der Waals surface area (Å²) in [5.74, 6) is 1.16. The first-order valence-corrected chi connectivity index (χ1v) is 11.1. The number of sulfonamides is 1. The van der Waals surface area contributed by atoms with Crippen molar-refractivity contribution in [3.8, 4) is 11.5 Å². The van der Waals surface area contributed by atoms with Crippen LogP contribution in [0, 0.1) is 0 Å². The highest BCUT2D eigenvalue weighted by atomic mass is 32.2. The molecule has 1 saturated heterocycles. The molecule has 27 heavy (non-hydrogen) atoms. The molecule has 0 unspecified atom stereocenters. The minimum absolute atomic E-state index is 0.0258. The van der Waals surface area contributed by atoms with Crippen molar-refractivity contribution in [1.82, 2.24) is 9.21 Å². The molecule has 2 rings (SSSR count). The molecule has 1 aliphatic heterocycles. The Labute approximate surface area is 162 Å². The zero-order chi connectivity index (χ0) is 19.9. The molecule has 0 saturated carbocycles. The van der Waals surface area contributed by atoms with Gasteiger partial charge in [-0.15, -0.1) is 0 Å². The highest BCUT2D eigenvalue weighted by Gasteiger charge is 2.21. The summed E-state index contributed by atoms with van der Waals surface area (Å²) in [6, 6.07) is 5.31. The fourth-order valence-corrected chi connectivity index (χ4v) is 4.05. The third kappa shape index (κ3) is 6.39. The summed E-state index contributed by atoms with van der Waals surface area (Å²) in [6.45, 7) is 1.90. The van der Waals surface area contributed by atoms with Crippen LogP contribution in [-0.2, 0) is 21.4 Å². The zero-order valence-corrected chi connectivity index (χ0v) is 17.3. The maximum Gasteiger partial charge on any atom is 0.223 e. The van der Waals surface area contributed by atoms with E-state index in [0.29, 0.717) is 11.5 Å². The van der Waals surface area contributed by atoms with E-state index in [4.69, 9.17) is 9.47 Å². The van der Waals surface area contributed by atoms with Gasteiger partial charge in [0.25, 0.3) is 0 Å². The molecule has 7 nitrogen and oxygen atoms in total. The number of carbonyl (C=O) groups excluding carboxylic acids is 1. The van der Waals surface area contributed by atoms with Gasteiger partial charge in [0.2, 0.25) is 15.9 Å². The monoisotopic (exact) mass is 398 g/mol. The van der Waals surface area contributed by atoms with Crippen molar-refractivity contribution in [2.75, 3.05) is 40.1 Å². The molecule has 0 spiro atoms. The van der Waals surface area contributed by atoms with E-state index in [1.807, 2.05) is 4.90 Å². The molecule has 0 aliphatic carbocycles. The number of nitrogens with zero attached hydrogens (tertiary/aromatic N) is 2. The van der Waals surface area contributed by atoms with Crippen molar-refractivity contribution in [2.45, 2.75) is 38.6 Å². The van der Waals surface area contributed by atoms with Gasteiger partial charge in [-0.1, -0.05) is 18.9 Å². The molecule has 0 aromatic heterocycles. The van der Waals surface area contributed by atoms with Crippen LogP contribution in [0.2, 0.25) is 0 Å². The average Bonchev–Trinajstić information content (AvgIpc) is 2.93. The lowest BCUT2D eigenvalue weighted by molar-refractivity contribution is -0.131. The van der Waals surface area contributed by atoms with Gasteiger partial charge in [-0.2, -0.15) is 4.31 Å². The van der Waals surface area contributed by atoms with E-state index in [9.17, 15) is 13.2 Å². The van der Waals surface area contributed by atoms with Crippen molar-refractivity contribution in [1.29, 1.82) is 0 Å². The summed E-state index contributed by atoms with van der Waals surface area (Å²) in [7, 11) is -0.354. The molecule has 0 atom stereocenters. The number of ether oxygens (including phenoxy) is 2. The Balaban J connectivity index is 2.04. The summed E-state index contributed by atoms with van der Waals surface area (Å²) in [6.07, 6.45) is 5.71. The Hall–Kier alpha value is -1.80. The Bertz CT molecular complexity index is 728. The number of likely N-dealkylation sites (tertiary alicyclic amines) is 1. The quantitative estimate of drug-likeness (QED) is 0.671. The standard InChI is InChI=1S/C19H30N2O5S/c1-25-17-9-8-16(14-18(17)26-2)15-21(27(3,23)24)13-10-19(22)20-11-6-4-5-7-12-20/h8-9,14H,4-7,10-13,15H2,1-3H3. The third-order valence-corrected chi connectivity index (χ3v) is 6.06. The minimum Gasteiger partial charge on any atom is -0.493 e. The lowest BCUT2D eigenvalue weighted by Gasteiger charge is -2.24. The molecule has 1 aromatic rings. The van der Waals surface area contributed by atoms with Crippen molar-refractivity contribution >= 4 is 15.9 Å². The van der Waals surface area contributed by atoms with Gasteiger partial charge < -0.3 is 14.4 Å². The average molecular weight is 399 g/mol. The van der Waals surface area contributed by atoms with Crippen molar-refractivity contribution < 1.29 is 22.7 Å². The molecule has 8 heteroatoms. The Morgan fingerprint density at radius 2 is 1.70 bits per heavy atom. The number of benzene rings is 1. The van der Waals surface area contributed by atoms with Crippen LogP contribution in [0.4, 0.5) is 0 Å².